The standard InChI is InChI=1S/C16H14/c1-2-4-12-7-13(6-5-11(12)3-1)14-8-15-10-16(15)9-14/h1-8,15-16H,9-10H2. The van der Waals surface area contributed by atoms with E-state index in [1.807, 2.05) is 0 Å². The topological polar surface area (TPSA) is 0 Å². The maximum absolute atomic E-state index is 2.49. The van der Waals surface area contributed by atoms with Gasteiger partial charge in [-0.25, -0.2) is 0 Å². The Labute approximate surface area is 95.6 Å². The lowest BCUT2D eigenvalue weighted by Gasteiger charge is -2.05. The summed E-state index contributed by atoms with van der Waals surface area (Å²) >= 11 is 0. The van der Waals surface area contributed by atoms with Crippen LogP contribution in [0.25, 0.3) is 16.3 Å². The van der Waals surface area contributed by atoms with Gasteiger partial charge in [-0.15, -0.1) is 0 Å². The van der Waals surface area contributed by atoms with Gasteiger partial charge in [0.25, 0.3) is 0 Å². The van der Waals surface area contributed by atoms with Crippen LogP contribution in [0, 0.1) is 11.8 Å². The van der Waals surface area contributed by atoms with Crippen molar-refractivity contribution in [3.63, 3.8) is 0 Å². The highest BCUT2D eigenvalue weighted by Crippen LogP contribution is 2.52. The Morgan fingerprint density at radius 3 is 2.62 bits per heavy atom. The van der Waals surface area contributed by atoms with Crippen LogP contribution in [0.4, 0.5) is 0 Å². The van der Waals surface area contributed by atoms with Crippen molar-refractivity contribution in [2.45, 2.75) is 12.8 Å². The van der Waals surface area contributed by atoms with E-state index >= 15 is 0 Å². The van der Waals surface area contributed by atoms with Gasteiger partial charge in [-0.2, -0.15) is 0 Å². The Balaban J connectivity index is 1.83. The van der Waals surface area contributed by atoms with Gasteiger partial charge in [-0.1, -0.05) is 42.5 Å². The molecule has 2 aromatic rings. The van der Waals surface area contributed by atoms with E-state index in [4.69, 9.17) is 0 Å². The lowest BCUT2D eigenvalue weighted by molar-refractivity contribution is 0.863. The Bertz CT molecular complexity index is 592. The predicted octanol–water partition coefficient (Wildman–Crippen LogP) is 4.26. The summed E-state index contributed by atoms with van der Waals surface area (Å²) in [4.78, 5) is 0. The molecular weight excluding hydrogens is 192 g/mol. The van der Waals surface area contributed by atoms with Gasteiger partial charge < -0.3 is 0 Å². The minimum atomic E-state index is 0.918. The summed E-state index contributed by atoms with van der Waals surface area (Å²) in [6.45, 7) is 0. The zero-order chi connectivity index (χ0) is 10.5. The van der Waals surface area contributed by atoms with Crippen LogP contribution in [-0.4, -0.2) is 0 Å². The highest BCUT2D eigenvalue weighted by atomic mass is 14.4. The highest BCUT2D eigenvalue weighted by molar-refractivity contribution is 5.86. The fourth-order valence-electron chi connectivity index (χ4n) is 2.92. The molecular formula is C16H14. The third kappa shape index (κ3) is 1.23. The van der Waals surface area contributed by atoms with Crippen molar-refractivity contribution in [2.24, 2.45) is 11.8 Å². The Kier molecular flexibility index (Phi) is 1.59. The predicted molar refractivity (Wildman–Crippen MR) is 68.1 cm³/mol. The van der Waals surface area contributed by atoms with E-state index < -0.39 is 0 Å². The molecule has 0 heterocycles. The SMILES string of the molecule is C1=C(c2ccc3ccccc3c2)CC2CC12. The van der Waals surface area contributed by atoms with Gasteiger partial charge in [0.05, 0.1) is 0 Å². The molecule has 2 aromatic carbocycles. The van der Waals surface area contributed by atoms with Crippen LogP contribution in [-0.2, 0) is 0 Å². The van der Waals surface area contributed by atoms with E-state index in [1.165, 1.54) is 29.2 Å². The summed E-state index contributed by atoms with van der Waals surface area (Å²) in [6, 6.07) is 15.5. The average molecular weight is 206 g/mol. The second-order valence-electron chi connectivity index (χ2n) is 5.12. The van der Waals surface area contributed by atoms with Gasteiger partial charge in [-0.3, -0.25) is 0 Å². The fraction of sp³-hybridized carbons (Fsp3) is 0.250. The van der Waals surface area contributed by atoms with Gasteiger partial charge in [0, 0.05) is 0 Å². The minimum absolute atomic E-state index is 0.918. The normalized spacial score (nSPS) is 26.6. The van der Waals surface area contributed by atoms with Crippen LogP contribution in [0.2, 0.25) is 0 Å². The van der Waals surface area contributed by atoms with Gasteiger partial charge in [0.1, 0.15) is 0 Å². The molecule has 0 heteroatoms. The molecule has 0 aliphatic heterocycles. The molecule has 2 unspecified atom stereocenters. The number of benzene rings is 2. The molecule has 4 rings (SSSR count). The zero-order valence-corrected chi connectivity index (χ0v) is 9.19. The number of rotatable bonds is 1. The van der Waals surface area contributed by atoms with Crippen molar-refractivity contribution in [2.75, 3.05) is 0 Å². The van der Waals surface area contributed by atoms with Crippen molar-refractivity contribution >= 4 is 16.3 Å². The summed E-state index contributed by atoms with van der Waals surface area (Å²) in [5, 5.41) is 2.71. The van der Waals surface area contributed by atoms with Crippen LogP contribution in [0.5, 0.6) is 0 Å². The first-order valence-electron chi connectivity index (χ1n) is 6.10. The molecule has 1 fully saturated rings. The lowest BCUT2D eigenvalue weighted by atomic mass is 9.99. The largest absolute Gasteiger partial charge is 0.0773 e. The third-order valence-corrected chi connectivity index (χ3v) is 3.99. The Morgan fingerprint density at radius 1 is 0.938 bits per heavy atom. The first kappa shape index (κ1) is 8.58. The molecule has 0 bridgehead atoms. The van der Waals surface area contributed by atoms with Gasteiger partial charge >= 0.3 is 0 Å². The second kappa shape index (κ2) is 2.98. The van der Waals surface area contributed by atoms with E-state index in [9.17, 15) is 0 Å². The van der Waals surface area contributed by atoms with Gasteiger partial charge in [0.15, 0.2) is 0 Å². The van der Waals surface area contributed by atoms with E-state index in [0.29, 0.717) is 0 Å². The molecule has 1 saturated carbocycles. The van der Waals surface area contributed by atoms with Gasteiger partial charge in [0.2, 0.25) is 0 Å². The molecule has 2 aliphatic carbocycles. The van der Waals surface area contributed by atoms with Crippen LogP contribution in [0.1, 0.15) is 18.4 Å². The fourth-order valence-corrected chi connectivity index (χ4v) is 2.92. The summed E-state index contributed by atoms with van der Waals surface area (Å²) in [6.07, 6.45) is 5.24. The average Bonchev–Trinajstić information content (AvgIpc) is 2.96. The minimum Gasteiger partial charge on any atom is -0.0773 e. The first-order chi connectivity index (χ1) is 7.90. The number of allylic oxidation sites excluding steroid dienone is 2. The number of fused-ring (bicyclic) bond motifs is 2. The van der Waals surface area contributed by atoms with Crippen LogP contribution < -0.4 is 0 Å². The molecule has 2 aliphatic rings. The highest BCUT2D eigenvalue weighted by Gasteiger charge is 2.40. The molecule has 0 nitrogen and oxygen atoms in total. The lowest BCUT2D eigenvalue weighted by Crippen LogP contribution is -1.83. The molecule has 78 valence electrons. The molecule has 0 N–H and O–H groups in total. The van der Waals surface area contributed by atoms with Crippen LogP contribution in [0.3, 0.4) is 0 Å². The molecule has 16 heavy (non-hydrogen) atoms. The molecule has 0 saturated heterocycles. The van der Waals surface area contributed by atoms with Crippen molar-refractivity contribution in [3.05, 3.63) is 54.1 Å². The number of hydrogen-bond donors (Lipinski definition) is 0. The summed E-state index contributed by atoms with van der Waals surface area (Å²) in [7, 11) is 0. The molecule has 0 spiro atoms. The smallest absolute Gasteiger partial charge is 0.0178 e. The Hall–Kier alpha value is -1.56. The summed E-state index contributed by atoms with van der Waals surface area (Å²) in [5.41, 5.74) is 3.01. The van der Waals surface area contributed by atoms with E-state index in [-0.39, 0.29) is 0 Å². The Morgan fingerprint density at radius 2 is 1.81 bits per heavy atom. The van der Waals surface area contributed by atoms with E-state index in [1.54, 1.807) is 5.57 Å². The van der Waals surface area contributed by atoms with Crippen molar-refractivity contribution in [1.82, 2.24) is 0 Å². The molecule has 2 atom stereocenters. The van der Waals surface area contributed by atoms with Gasteiger partial charge in [-0.05, 0) is 52.7 Å². The quantitative estimate of drug-likeness (QED) is 0.654. The van der Waals surface area contributed by atoms with Crippen molar-refractivity contribution in [1.29, 1.82) is 0 Å². The maximum atomic E-state index is 2.49. The van der Waals surface area contributed by atoms with Crippen molar-refractivity contribution < 1.29 is 0 Å². The first-order valence-corrected chi connectivity index (χ1v) is 6.10. The van der Waals surface area contributed by atoms with Crippen LogP contribution in [0.15, 0.2) is 48.5 Å². The second-order valence-corrected chi connectivity index (χ2v) is 5.12. The van der Waals surface area contributed by atoms with Crippen molar-refractivity contribution in [3.8, 4) is 0 Å². The van der Waals surface area contributed by atoms with E-state index in [0.717, 1.165) is 11.8 Å². The summed E-state index contributed by atoms with van der Waals surface area (Å²) in [5.74, 6) is 1.91. The maximum Gasteiger partial charge on any atom is -0.0178 e. The molecule has 0 aromatic heterocycles. The van der Waals surface area contributed by atoms with Crippen LogP contribution >= 0.6 is 0 Å². The monoisotopic (exact) mass is 206 g/mol. The molecule has 0 amide bonds. The number of hydrogen-bond acceptors (Lipinski definition) is 0. The van der Waals surface area contributed by atoms with E-state index in [2.05, 4.69) is 48.5 Å². The zero-order valence-electron chi connectivity index (χ0n) is 9.19. The third-order valence-electron chi connectivity index (χ3n) is 3.99. The summed E-state index contributed by atoms with van der Waals surface area (Å²) < 4.78 is 0. The molecule has 0 radical (unpaired) electrons.